The number of hydrogen-bond acceptors (Lipinski definition) is 2. The molecule has 0 saturated carbocycles. The van der Waals surface area contributed by atoms with Crippen molar-refractivity contribution >= 4 is 33.3 Å². The molecule has 0 aliphatic heterocycles. The van der Waals surface area contributed by atoms with Gasteiger partial charge in [0, 0.05) is 17.6 Å². The van der Waals surface area contributed by atoms with Crippen molar-refractivity contribution in [3.05, 3.63) is 27.5 Å². The quantitative estimate of drug-likeness (QED) is 0.724. The molecule has 0 spiro atoms. The second kappa shape index (κ2) is 6.11. The highest BCUT2D eigenvalue weighted by Crippen LogP contribution is 2.18. The van der Waals surface area contributed by atoms with Crippen molar-refractivity contribution in [3.63, 3.8) is 0 Å². The van der Waals surface area contributed by atoms with E-state index in [9.17, 15) is 4.79 Å². The van der Waals surface area contributed by atoms with Gasteiger partial charge in [0.15, 0.2) is 5.78 Å². The van der Waals surface area contributed by atoms with Gasteiger partial charge in [-0.3, -0.25) is 9.78 Å². The lowest BCUT2D eigenvalue weighted by Gasteiger charge is -1.97. The minimum atomic E-state index is -0.123. The zero-order valence-electron chi connectivity index (χ0n) is 7.77. The lowest BCUT2D eigenvalue weighted by atomic mass is 10.3. The number of nitrogens with zero attached hydrogens (tertiary/aromatic N) is 1. The molecular formula is C9H11BrClNO. The largest absolute Gasteiger partial charge is 0.293 e. The molecule has 0 aromatic carbocycles. The van der Waals surface area contributed by atoms with Crippen LogP contribution in [0.3, 0.4) is 0 Å². The van der Waals surface area contributed by atoms with E-state index in [1.54, 1.807) is 12.3 Å². The Bertz CT molecular complexity index is 302. The molecule has 0 amide bonds. The Morgan fingerprint density at radius 1 is 1.54 bits per heavy atom. The topological polar surface area (TPSA) is 30.0 Å². The van der Waals surface area contributed by atoms with Gasteiger partial charge in [-0.2, -0.15) is 0 Å². The Morgan fingerprint density at radius 3 is 2.46 bits per heavy atom. The zero-order chi connectivity index (χ0) is 10.4. The van der Waals surface area contributed by atoms with Crippen molar-refractivity contribution in [1.29, 1.82) is 0 Å². The average Bonchev–Trinajstić information content (AvgIpc) is 2.07. The molecule has 72 valence electrons. The van der Waals surface area contributed by atoms with E-state index in [0.717, 1.165) is 4.47 Å². The van der Waals surface area contributed by atoms with Crippen molar-refractivity contribution < 1.29 is 4.79 Å². The summed E-state index contributed by atoms with van der Waals surface area (Å²) in [7, 11) is 0. The fourth-order valence-corrected chi connectivity index (χ4v) is 1.44. The molecule has 13 heavy (non-hydrogen) atoms. The first-order valence-electron chi connectivity index (χ1n) is 3.93. The van der Waals surface area contributed by atoms with E-state index in [1.165, 1.54) is 6.92 Å². The van der Waals surface area contributed by atoms with E-state index in [2.05, 4.69) is 20.9 Å². The van der Waals surface area contributed by atoms with Gasteiger partial charge >= 0.3 is 0 Å². The van der Waals surface area contributed by atoms with Crippen LogP contribution in [-0.2, 0) is 0 Å². The van der Waals surface area contributed by atoms with E-state index in [4.69, 9.17) is 11.6 Å². The van der Waals surface area contributed by atoms with Crippen LogP contribution in [-0.4, -0.2) is 10.8 Å². The molecule has 1 heterocycles. The third kappa shape index (κ3) is 3.87. The summed E-state index contributed by atoms with van der Waals surface area (Å²) < 4.78 is 0.771. The third-order valence-corrected chi connectivity index (χ3v) is 1.86. The van der Waals surface area contributed by atoms with Crippen LogP contribution in [0.2, 0.25) is 5.02 Å². The summed E-state index contributed by atoms with van der Waals surface area (Å²) in [4.78, 5) is 14.7. The smallest absolute Gasteiger partial charge is 0.179 e. The van der Waals surface area contributed by atoms with Crippen molar-refractivity contribution in [2.75, 3.05) is 0 Å². The van der Waals surface area contributed by atoms with Gasteiger partial charge in [-0.15, -0.1) is 0 Å². The van der Waals surface area contributed by atoms with Gasteiger partial charge in [0.25, 0.3) is 0 Å². The fourth-order valence-electron chi connectivity index (χ4n) is 0.674. The maximum absolute atomic E-state index is 10.8. The van der Waals surface area contributed by atoms with Gasteiger partial charge in [-0.05, 0) is 22.0 Å². The zero-order valence-corrected chi connectivity index (χ0v) is 10.1. The molecule has 0 unspecified atom stereocenters. The summed E-state index contributed by atoms with van der Waals surface area (Å²) >= 11 is 8.90. The molecule has 4 heteroatoms. The first-order valence-corrected chi connectivity index (χ1v) is 5.10. The number of carbonyl (C=O) groups excluding carboxylic acids is 1. The molecule has 0 radical (unpaired) electrons. The highest BCUT2D eigenvalue weighted by Gasteiger charge is 2.06. The lowest BCUT2D eigenvalue weighted by Crippen LogP contribution is -1.96. The molecule has 2 nitrogen and oxygen atoms in total. The van der Waals surface area contributed by atoms with Crippen molar-refractivity contribution in [3.8, 4) is 0 Å². The maximum atomic E-state index is 10.8. The summed E-state index contributed by atoms with van der Waals surface area (Å²) in [6.45, 7) is 5.43. The van der Waals surface area contributed by atoms with E-state index in [1.807, 2.05) is 13.8 Å². The molecule has 1 aromatic heterocycles. The molecular weight excluding hydrogens is 253 g/mol. The Kier molecular flexibility index (Phi) is 5.91. The number of aromatic nitrogens is 1. The van der Waals surface area contributed by atoms with Crippen molar-refractivity contribution in [1.82, 2.24) is 4.98 Å². The molecule has 1 rings (SSSR count). The molecule has 0 aliphatic rings. The highest BCUT2D eigenvalue weighted by atomic mass is 79.9. The summed E-state index contributed by atoms with van der Waals surface area (Å²) in [6.07, 6.45) is 1.54. The normalized spacial score (nSPS) is 8.69. The van der Waals surface area contributed by atoms with Crippen LogP contribution in [0.1, 0.15) is 31.3 Å². The van der Waals surface area contributed by atoms with Gasteiger partial charge in [0.05, 0.1) is 5.02 Å². The molecule has 0 bridgehead atoms. The molecule has 0 atom stereocenters. The number of rotatable bonds is 1. The second-order valence-corrected chi connectivity index (χ2v) is 3.36. The van der Waals surface area contributed by atoms with Gasteiger partial charge in [0.1, 0.15) is 5.69 Å². The Balaban J connectivity index is 0.000000671. The second-order valence-electron chi connectivity index (χ2n) is 2.04. The van der Waals surface area contributed by atoms with E-state index >= 15 is 0 Å². The SMILES string of the molecule is CC.CC(=O)c1ncc(Br)cc1Cl. The Hall–Kier alpha value is -0.410. The van der Waals surface area contributed by atoms with Gasteiger partial charge in [-0.1, -0.05) is 25.4 Å². The molecule has 0 fully saturated rings. The van der Waals surface area contributed by atoms with Gasteiger partial charge in [-0.25, -0.2) is 0 Å². The van der Waals surface area contributed by atoms with E-state index in [0.29, 0.717) is 10.7 Å². The predicted octanol–water partition coefficient (Wildman–Crippen LogP) is 3.73. The summed E-state index contributed by atoms with van der Waals surface area (Å²) in [5.41, 5.74) is 0.315. The number of Topliss-reactive ketones (excluding diaryl/α,β-unsaturated/α-hetero) is 1. The summed E-state index contributed by atoms with van der Waals surface area (Å²) in [5, 5.41) is 0.381. The van der Waals surface area contributed by atoms with Crippen LogP contribution in [0.25, 0.3) is 0 Å². The standard InChI is InChI=1S/C7H5BrClNO.C2H6/c1-4(11)7-6(9)2-5(8)3-10-7;1-2/h2-3H,1H3;1-2H3. The van der Waals surface area contributed by atoms with E-state index < -0.39 is 0 Å². The predicted molar refractivity (Wildman–Crippen MR) is 58.3 cm³/mol. The van der Waals surface area contributed by atoms with Crippen LogP contribution >= 0.6 is 27.5 Å². The first kappa shape index (κ1) is 12.6. The molecule has 0 N–H and O–H groups in total. The number of carbonyl (C=O) groups is 1. The van der Waals surface area contributed by atoms with Crippen molar-refractivity contribution in [2.24, 2.45) is 0 Å². The first-order chi connectivity index (χ1) is 6.11. The Labute approximate surface area is 91.4 Å². The monoisotopic (exact) mass is 263 g/mol. The van der Waals surface area contributed by atoms with Crippen LogP contribution in [0.5, 0.6) is 0 Å². The maximum Gasteiger partial charge on any atom is 0.179 e. The number of ketones is 1. The van der Waals surface area contributed by atoms with Crippen LogP contribution in [0, 0.1) is 0 Å². The van der Waals surface area contributed by atoms with Crippen LogP contribution < -0.4 is 0 Å². The average molecular weight is 265 g/mol. The third-order valence-electron chi connectivity index (χ3n) is 1.14. The highest BCUT2D eigenvalue weighted by molar-refractivity contribution is 9.10. The lowest BCUT2D eigenvalue weighted by molar-refractivity contribution is 0.101. The fraction of sp³-hybridized carbons (Fsp3) is 0.333. The van der Waals surface area contributed by atoms with Crippen LogP contribution in [0.4, 0.5) is 0 Å². The number of halogens is 2. The number of pyridine rings is 1. The number of hydrogen-bond donors (Lipinski definition) is 0. The van der Waals surface area contributed by atoms with Crippen LogP contribution in [0.15, 0.2) is 16.7 Å². The van der Waals surface area contributed by atoms with Gasteiger partial charge < -0.3 is 0 Å². The minimum absolute atomic E-state index is 0.123. The van der Waals surface area contributed by atoms with Gasteiger partial charge in [0.2, 0.25) is 0 Å². The molecule has 1 aromatic rings. The van der Waals surface area contributed by atoms with E-state index in [-0.39, 0.29) is 5.78 Å². The minimum Gasteiger partial charge on any atom is -0.293 e. The Morgan fingerprint density at radius 2 is 2.08 bits per heavy atom. The molecule has 0 saturated heterocycles. The summed E-state index contributed by atoms with van der Waals surface area (Å²) in [5.74, 6) is -0.123. The summed E-state index contributed by atoms with van der Waals surface area (Å²) in [6, 6.07) is 1.64. The van der Waals surface area contributed by atoms with Crippen molar-refractivity contribution in [2.45, 2.75) is 20.8 Å². The molecule has 0 aliphatic carbocycles.